The summed E-state index contributed by atoms with van der Waals surface area (Å²) in [4.78, 5) is 16.7. The number of carbonyl (C=O) groups is 1. The van der Waals surface area contributed by atoms with Gasteiger partial charge in [0, 0.05) is 38.1 Å². The van der Waals surface area contributed by atoms with Crippen LogP contribution in [0.15, 0.2) is 34.7 Å². The highest BCUT2D eigenvalue weighted by atomic mass is 16.3. The van der Waals surface area contributed by atoms with E-state index in [0.717, 1.165) is 24.1 Å². The Morgan fingerprint density at radius 1 is 1.21 bits per heavy atom. The van der Waals surface area contributed by atoms with Crippen molar-refractivity contribution in [1.82, 2.24) is 9.80 Å². The smallest absolute Gasteiger partial charge is 0.289 e. The molecule has 5 heteroatoms. The van der Waals surface area contributed by atoms with E-state index in [1.165, 1.54) is 0 Å². The maximum Gasteiger partial charge on any atom is 0.289 e. The molecule has 0 saturated carbocycles. The molecule has 1 N–H and O–H groups in total. The standard InChI is InChI=1S/C19H26N2O3/c1-19(2,3)17(22)13-20-8-10-21(11-9-20)18(23)16-12-14-6-4-5-7-15(14)24-16/h4-7,12,17,22H,8-11,13H2,1-3H3/t17-/m1/s1. The second-order valence-corrected chi connectivity index (χ2v) is 7.62. The van der Waals surface area contributed by atoms with Gasteiger partial charge in [-0.05, 0) is 17.5 Å². The molecule has 2 heterocycles. The van der Waals surface area contributed by atoms with E-state index in [0.29, 0.717) is 25.4 Å². The number of fused-ring (bicyclic) bond motifs is 1. The van der Waals surface area contributed by atoms with Crippen molar-refractivity contribution in [2.45, 2.75) is 26.9 Å². The third-order valence-electron chi connectivity index (χ3n) is 4.73. The van der Waals surface area contributed by atoms with Gasteiger partial charge in [-0.2, -0.15) is 0 Å². The lowest BCUT2D eigenvalue weighted by molar-refractivity contribution is 0.0132. The van der Waals surface area contributed by atoms with Crippen LogP contribution >= 0.6 is 0 Å². The molecule has 0 radical (unpaired) electrons. The molecule has 1 aromatic carbocycles. The van der Waals surface area contributed by atoms with E-state index in [-0.39, 0.29) is 17.4 Å². The first-order chi connectivity index (χ1) is 11.3. The van der Waals surface area contributed by atoms with E-state index in [4.69, 9.17) is 4.42 Å². The van der Waals surface area contributed by atoms with Gasteiger partial charge in [-0.15, -0.1) is 0 Å². The molecule has 5 nitrogen and oxygen atoms in total. The van der Waals surface area contributed by atoms with Crippen LogP contribution in [0.1, 0.15) is 31.3 Å². The molecule has 0 aliphatic carbocycles. The Kier molecular flexibility index (Phi) is 4.65. The fraction of sp³-hybridized carbons (Fsp3) is 0.526. The molecule has 3 rings (SSSR count). The summed E-state index contributed by atoms with van der Waals surface area (Å²) in [5.74, 6) is 0.349. The van der Waals surface area contributed by atoms with Crippen molar-refractivity contribution >= 4 is 16.9 Å². The number of amides is 1. The van der Waals surface area contributed by atoms with Crippen LogP contribution in [-0.2, 0) is 0 Å². The maximum atomic E-state index is 12.6. The summed E-state index contributed by atoms with van der Waals surface area (Å²) in [6.45, 7) is 9.64. The number of para-hydroxylation sites is 1. The molecular formula is C19H26N2O3. The SMILES string of the molecule is CC(C)(C)[C@H](O)CN1CCN(C(=O)c2cc3ccccc3o2)CC1. The lowest BCUT2D eigenvalue weighted by Crippen LogP contribution is -2.51. The van der Waals surface area contributed by atoms with Crippen LogP contribution in [-0.4, -0.2) is 59.6 Å². The molecule has 1 aliphatic rings. The number of aliphatic hydroxyl groups excluding tert-OH is 1. The number of β-amino-alcohol motifs (C(OH)–C–C–N with tert-alkyl or cyclic N) is 1. The molecule has 1 atom stereocenters. The van der Waals surface area contributed by atoms with Crippen molar-refractivity contribution in [1.29, 1.82) is 0 Å². The summed E-state index contributed by atoms with van der Waals surface area (Å²) in [6, 6.07) is 9.47. The Morgan fingerprint density at radius 2 is 1.88 bits per heavy atom. The van der Waals surface area contributed by atoms with Gasteiger partial charge in [-0.25, -0.2) is 0 Å². The molecule has 24 heavy (non-hydrogen) atoms. The third-order valence-corrected chi connectivity index (χ3v) is 4.73. The molecule has 1 aliphatic heterocycles. The van der Waals surface area contributed by atoms with Crippen molar-refractivity contribution in [3.8, 4) is 0 Å². The Balaban J connectivity index is 1.59. The van der Waals surface area contributed by atoms with E-state index < -0.39 is 0 Å². The Morgan fingerprint density at radius 3 is 2.50 bits per heavy atom. The van der Waals surface area contributed by atoms with Gasteiger partial charge in [0.05, 0.1) is 6.10 Å². The zero-order chi connectivity index (χ0) is 17.3. The minimum absolute atomic E-state index is 0.0535. The first kappa shape index (κ1) is 17.0. The van der Waals surface area contributed by atoms with Gasteiger partial charge in [-0.3, -0.25) is 9.69 Å². The van der Waals surface area contributed by atoms with E-state index >= 15 is 0 Å². The number of rotatable bonds is 3. The van der Waals surface area contributed by atoms with Gasteiger partial charge in [0.15, 0.2) is 5.76 Å². The maximum absolute atomic E-state index is 12.6. The molecule has 130 valence electrons. The fourth-order valence-electron chi connectivity index (χ4n) is 2.90. The van der Waals surface area contributed by atoms with Gasteiger partial charge in [0.2, 0.25) is 0 Å². The minimum atomic E-state index is -0.366. The van der Waals surface area contributed by atoms with Gasteiger partial charge < -0.3 is 14.4 Å². The van der Waals surface area contributed by atoms with E-state index in [9.17, 15) is 9.90 Å². The second-order valence-electron chi connectivity index (χ2n) is 7.62. The molecule has 0 bridgehead atoms. The van der Waals surface area contributed by atoms with Gasteiger partial charge in [0.25, 0.3) is 5.91 Å². The summed E-state index contributed by atoms with van der Waals surface area (Å²) in [6.07, 6.45) is -0.366. The molecular weight excluding hydrogens is 304 g/mol. The topological polar surface area (TPSA) is 56.9 Å². The van der Waals surface area contributed by atoms with Crippen molar-refractivity contribution in [2.75, 3.05) is 32.7 Å². The summed E-state index contributed by atoms with van der Waals surface area (Å²) in [5.41, 5.74) is 0.620. The number of nitrogens with zero attached hydrogens (tertiary/aromatic N) is 2. The predicted molar refractivity (Wildman–Crippen MR) is 94.0 cm³/mol. The number of piperazine rings is 1. The summed E-state index contributed by atoms with van der Waals surface area (Å²) in [5, 5.41) is 11.2. The van der Waals surface area contributed by atoms with Crippen molar-refractivity contribution in [3.63, 3.8) is 0 Å². The summed E-state index contributed by atoms with van der Waals surface area (Å²) in [7, 11) is 0. The highest BCUT2D eigenvalue weighted by Gasteiger charge is 2.28. The van der Waals surface area contributed by atoms with Crippen LogP contribution in [0, 0.1) is 5.41 Å². The van der Waals surface area contributed by atoms with E-state index in [1.54, 1.807) is 0 Å². The molecule has 1 amide bonds. The molecule has 0 unspecified atom stereocenters. The number of aliphatic hydroxyl groups is 1. The van der Waals surface area contributed by atoms with Crippen LogP contribution in [0.5, 0.6) is 0 Å². The summed E-state index contributed by atoms with van der Waals surface area (Å²) >= 11 is 0. The number of benzene rings is 1. The molecule has 2 aromatic rings. The average molecular weight is 330 g/mol. The average Bonchev–Trinajstić information content (AvgIpc) is 2.98. The Hall–Kier alpha value is -1.85. The van der Waals surface area contributed by atoms with Gasteiger partial charge in [-0.1, -0.05) is 39.0 Å². The molecule has 0 spiro atoms. The Bertz CT molecular complexity index is 676. The van der Waals surface area contributed by atoms with Crippen LogP contribution in [0.2, 0.25) is 0 Å². The van der Waals surface area contributed by atoms with Crippen LogP contribution in [0.4, 0.5) is 0 Å². The first-order valence-corrected chi connectivity index (χ1v) is 8.53. The third kappa shape index (κ3) is 3.62. The molecule has 1 aromatic heterocycles. The zero-order valence-electron chi connectivity index (χ0n) is 14.7. The summed E-state index contributed by atoms with van der Waals surface area (Å²) < 4.78 is 5.67. The molecule has 1 saturated heterocycles. The number of carbonyl (C=O) groups excluding carboxylic acids is 1. The number of hydrogen-bond donors (Lipinski definition) is 1. The minimum Gasteiger partial charge on any atom is -0.451 e. The van der Waals surface area contributed by atoms with Crippen LogP contribution < -0.4 is 0 Å². The fourth-order valence-corrected chi connectivity index (χ4v) is 2.90. The lowest BCUT2D eigenvalue weighted by atomic mass is 9.89. The quantitative estimate of drug-likeness (QED) is 0.940. The highest BCUT2D eigenvalue weighted by Crippen LogP contribution is 2.22. The molecule has 1 fully saturated rings. The zero-order valence-corrected chi connectivity index (χ0v) is 14.7. The second kappa shape index (κ2) is 6.57. The largest absolute Gasteiger partial charge is 0.451 e. The van der Waals surface area contributed by atoms with Gasteiger partial charge >= 0.3 is 0 Å². The Labute approximate surface area is 142 Å². The highest BCUT2D eigenvalue weighted by molar-refractivity contribution is 5.96. The van der Waals surface area contributed by atoms with E-state index in [1.807, 2.05) is 56.0 Å². The first-order valence-electron chi connectivity index (χ1n) is 8.53. The van der Waals surface area contributed by atoms with E-state index in [2.05, 4.69) is 4.90 Å². The van der Waals surface area contributed by atoms with Crippen molar-refractivity contribution < 1.29 is 14.3 Å². The normalized spacial score (nSPS) is 18.1. The van der Waals surface area contributed by atoms with Crippen LogP contribution in [0.3, 0.4) is 0 Å². The van der Waals surface area contributed by atoms with Gasteiger partial charge in [0.1, 0.15) is 5.58 Å². The van der Waals surface area contributed by atoms with Crippen LogP contribution in [0.25, 0.3) is 11.0 Å². The van der Waals surface area contributed by atoms with Crippen molar-refractivity contribution in [2.24, 2.45) is 5.41 Å². The lowest BCUT2D eigenvalue weighted by Gasteiger charge is -2.37. The monoisotopic (exact) mass is 330 g/mol. The number of furan rings is 1. The predicted octanol–water partition coefficient (Wildman–Crippen LogP) is 2.60. The van der Waals surface area contributed by atoms with Crippen molar-refractivity contribution in [3.05, 3.63) is 36.1 Å². The number of hydrogen-bond acceptors (Lipinski definition) is 4.